The zero-order valence-electron chi connectivity index (χ0n) is 14.8. The third kappa shape index (κ3) is 2.32. The Morgan fingerprint density at radius 1 is 1.04 bits per heavy atom. The largest absolute Gasteiger partial charge is 0.438 e. The number of nitrogens with zero attached hydrogens (tertiary/aromatic N) is 2. The van der Waals surface area contributed by atoms with Crippen molar-refractivity contribution in [1.82, 2.24) is 9.66 Å². The Morgan fingerprint density at radius 3 is 2.63 bits per heavy atom. The number of rotatable bonds is 1. The summed E-state index contributed by atoms with van der Waals surface area (Å²) in [6.07, 6.45) is 1.42. The van der Waals surface area contributed by atoms with Gasteiger partial charge in [0.15, 0.2) is 5.49 Å². The van der Waals surface area contributed by atoms with Gasteiger partial charge in [-0.15, -0.1) is 0 Å². The number of benzene rings is 3. The molecule has 0 fully saturated rings. The van der Waals surface area contributed by atoms with E-state index >= 15 is 0 Å². The minimum Gasteiger partial charge on any atom is -0.438 e. The van der Waals surface area contributed by atoms with Crippen LogP contribution in [0.1, 0.15) is 28.2 Å². The summed E-state index contributed by atoms with van der Waals surface area (Å²) in [5.74, 6) is 7.01. The number of nitrogens with two attached hydrogens (primary N) is 1. The molecule has 1 atom stereocenters. The van der Waals surface area contributed by atoms with Crippen LogP contribution in [0.4, 0.5) is 0 Å². The highest BCUT2D eigenvalue weighted by Crippen LogP contribution is 2.47. The molecule has 1 aliphatic heterocycles. The Hall–Kier alpha value is -3.60. The van der Waals surface area contributed by atoms with Gasteiger partial charge in [0.05, 0.1) is 5.56 Å². The minimum atomic E-state index is -0.162. The molecule has 0 amide bonds. The zero-order chi connectivity index (χ0) is 18.5. The SMILES string of the molecule is Cc1ccc(C2c3ccc4ccccc4c3Oc3ncn(N)c(=N)c32)cc1. The van der Waals surface area contributed by atoms with Crippen LogP contribution in [0.3, 0.4) is 0 Å². The van der Waals surface area contributed by atoms with Crippen LogP contribution >= 0.6 is 0 Å². The molecule has 3 N–H and O–H groups in total. The van der Waals surface area contributed by atoms with E-state index < -0.39 is 0 Å². The quantitative estimate of drug-likeness (QED) is 0.449. The summed E-state index contributed by atoms with van der Waals surface area (Å²) in [4.78, 5) is 4.37. The number of aromatic nitrogens is 2. The summed E-state index contributed by atoms with van der Waals surface area (Å²) in [6, 6.07) is 20.7. The molecule has 1 unspecified atom stereocenters. The summed E-state index contributed by atoms with van der Waals surface area (Å²) in [7, 11) is 0. The van der Waals surface area contributed by atoms with Crippen molar-refractivity contribution in [3.05, 3.63) is 94.7 Å². The van der Waals surface area contributed by atoms with Gasteiger partial charge in [-0.1, -0.05) is 66.2 Å². The first-order valence-electron chi connectivity index (χ1n) is 8.81. The van der Waals surface area contributed by atoms with Gasteiger partial charge in [0.2, 0.25) is 5.88 Å². The Bertz CT molecular complexity index is 1240. The number of aryl methyl sites for hydroxylation is 1. The van der Waals surface area contributed by atoms with Crippen molar-refractivity contribution in [3.63, 3.8) is 0 Å². The van der Waals surface area contributed by atoms with E-state index in [1.54, 1.807) is 0 Å². The number of ether oxygens (including phenoxy) is 1. The molecule has 0 radical (unpaired) electrons. The maximum Gasteiger partial charge on any atom is 0.228 e. The lowest BCUT2D eigenvalue weighted by Gasteiger charge is -2.29. The van der Waals surface area contributed by atoms with Crippen LogP contribution in [0.5, 0.6) is 11.6 Å². The lowest BCUT2D eigenvalue weighted by atomic mass is 9.82. The first-order chi connectivity index (χ1) is 13.1. The average Bonchev–Trinajstić information content (AvgIpc) is 2.70. The van der Waals surface area contributed by atoms with Crippen molar-refractivity contribution in [3.8, 4) is 11.6 Å². The van der Waals surface area contributed by atoms with Crippen LogP contribution in [0, 0.1) is 12.3 Å². The normalized spacial score (nSPS) is 15.1. The van der Waals surface area contributed by atoms with Crippen LogP contribution in [-0.2, 0) is 0 Å². The molecular weight excluding hydrogens is 336 g/mol. The van der Waals surface area contributed by atoms with Crippen LogP contribution in [-0.4, -0.2) is 9.66 Å². The molecular formula is C22H18N4O. The standard InChI is InChI=1S/C22H18N4O/c1-13-6-8-15(9-7-13)18-17-11-10-14-4-2-3-5-16(14)20(17)27-22-19(18)21(23)26(24)12-25-22/h2-12,18,23H,24H2,1H3. The summed E-state index contributed by atoms with van der Waals surface area (Å²) >= 11 is 0. The van der Waals surface area contributed by atoms with Crippen LogP contribution in [0.2, 0.25) is 0 Å². The van der Waals surface area contributed by atoms with Crippen molar-refractivity contribution in [2.75, 3.05) is 5.84 Å². The lowest BCUT2D eigenvalue weighted by molar-refractivity contribution is 0.431. The van der Waals surface area contributed by atoms with Crippen molar-refractivity contribution < 1.29 is 4.74 Å². The fraction of sp³-hybridized carbons (Fsp3) is 0.0909. The van der Waals surface area contributed by atoms with Crippen molar-refractivity contribution in [1.29, 1.82) is 5.41 Å². The van der Waals surface area contributed by atoms with Crippen LogP contribution < -0.4 is 16.1 Å². The molecule has 1 aliphatic rings. The monoisotopic (exact) mass is 354 g/mol. The van der Waals surface area contributed by atoms with Gasteiger partial charge in [-0.25, -0.2) is 9.66 Å². The Balaban J connectivity index is 1.86. The van der Waals surface area contributed by atoms with Gasteiger partial charge in [0.1, 0.15) is 12.1 Å². The van der Waals surface area contributed by atoms with E-state index in [9.17, 15) is 0 Å². The molecule has 5 heteroatoms. The van der Waals surface area contributed by atoms with Crippen molar-refractivity contribution >= 4 is 10.8 Å². The lowest BCUT2D eigenvalue weighted by Crippen LogP contribution is -2.33. The van der Waals surface area contributed by atoms with E-state index in [4.69, 9.17) is 16.0 Å². The second-order valence-electron chi connectivity index (χ2n) is 6.87. The Kier molecular flexibility index (Phi) is 3.31. The van der Waals surface area contributed by atoms with Crippen LogP contribution in [0.25, 0.3) is 10.8 Å². The maximum absolute atomic E-state index is 8.52. The van der Waals surface area contributed by atoms with Crippen LogP contribution in [0.15, 0.2) is 67.0 Å². The topological polar surface area (TPSA) is 76.9 Å². The molecule has 1 aromatic heterocycles. The third-order valence-electron chi connectivity index (χ3n) is 5.16. The van der Waals surface area contributed by atoms with Gasteiger partial charge in [0, 0.05) is 16.9 Å². The summed E-state index contributed by atoms with van der Waals surface area (Å²) in [5, 5.41) is 10.7. The van der Waals surface area contributed by atoms with E-state index in [2.05, 4.69) is 60.4 Å². The van der Waals surface area contributed by atoms with E-state index in [1.807, 2.05) is 12.1 Å². The van der Waals surface area contributed by atoms with E-state index in [1.165, 1.54) is 16.6 Å². The first kappa shape index (κ1) is 15.6. The van der Waals surface area contributed by atoms with Crippen molar-refractivity contribution in [2.24, 2.45) is 0 Å². The highest BCUT2D eigenvalue weighted by atomic mass is 16.5. The number of hydrogen-bond acceptors (Lipinski definition) is 4. The van der Waals surface area contributed by atoms with Crippen molar-refractivity contribution in [2.45, 2.75) is 12.8 Å². The molecule has 4 aromatic rings. The second-order valence-corrected chi connectivity index (χ2v) is 6.87. The molecule has 27 heavy (non-hydrogen) atoms. The number of fused-ring (bicyclic) bond motifs is 4. The molecule has 132 valence electrons. The third-order valence-corrected chi connectivity index (χ3v) is 5.16. The van der Waals surface area contributed by atoms with Gasteiger partial charge in [0.25, 0.3) is 0 Å². The van der Waals surface area contributed by atoms with Gasteiger partial charge < -0.3 is 10.6 Å². The van der Waals surface area contributed by atoms with E-state index in [0.717, 1.165) is 27.6 Å². The second kappa shape index (κ2) is 5.71. The van der Waals surface area contributed by atoms with Gasteiger partial charge >= 0.3 is 0 Å². The van der Waals surface area contributed by atoms with Gasteiger partial charge in [-0.05, 0) is 17.9 Å². The molecule has 0 aliphatic carbocycles. The predicted molar refractivity (Wildman–Crippen MR) is 104 cm³/mol. The van der Waals surface area contributed by atoms with Gasteiger partial charge in [-0.3, -0.25) is 5.41 Å². The molecule has 0 saturated heterocycles. The number of hydrogen-bond donors (Lipinski definition) is 2. The van der Waals surface area contributed by atoms with E-state index in [-0.39, 0.29) is 11.4 Å². The number of nitrogen functional groups attached to an aromatic ring is 1. The molecule has 0 saturated carbocycles. The minimum absolute atomic E-state index is 0.162. The molecule has 5 nitrogen and oxygen atoms in total. The van der Waals surface area contributed by atoms with E-state index in [0.29, 0.717) is 11.4 Å². The zero-order valence-corrected chi connectivity index (χ0v) is 14.8. The molecule has 0 spiro atoms. The highest BCUT2D eigenvalue weighted by Gasteiger charge is 2.32. The molecule has 5 rings (SSSR count). The summed E-state index contributed by atoms with van der Waals surface area (Å²) in [6.45, 7) is 2.06. The number of nitrogens with one attached hydrogen (secondary N) is 1. The fourth-order valence-corrected chi connectivity index (χ4v) is 3.78. The average molecular weight is 354 g/mol. The molecule has 3 aromatic carbocycles. The molecule has 2 heterocycles. The predicted octanol–water partition coefficient (Wildman–Crippen LogP) is 3.82. The van der Waals surface area contributed by atoms with Gasteiger partial charge in [-0.2, -0.15) is 0 Å². The Morgan fingerprint density at radius 2 is 1.81 bits per heavy atom. The molecule has 0 bridgehead atoms. The highest BCUT2D eigenvalue weighted by molar-refractivity contribution is 5.91. The smallest absolute Gasteiger partial charge is 0.228 e. The summed E-state index contributed by atoms with van der Waals surface area (Å²) < 4.78 is 7.43. The Labute approximate surface area is 156 Å². The first-order valence-corrected chi connectivity index (χ1v) is 8.81. The fourth-order valence-electron chi connectivity index (χ4n) is 3.78. The summed E-state index contributed by atoms with van der Waals surface area (Å²) in [5.41, 5.74) is 4.18. The maximum atomic E-state index is 8.52.